The number of carboxylic acids is 1. The van der Waals surface area contributed by atoms with Crippen LogP contribution in [0.15, 0.2) is 0 Å². The average molecular weight is 265 g/mol. The highest BCUT2D eigenvalue weighted by Gasteiger charge is 2.20. The van der Waals surface area contributed by atoms with Crippen LogP contribution < -0.4 is 0 Å². The van der Waals surface area contributed by atoms with E-state index in [9.17, 15) is 18.0 Å². The van der Waals surface area contributed by atoms with Gasteiger partial charge in [0, 0.05) is 19.5 Å². The first-order valence-electron chi connectivity index (χ1n) is 5.52. The minimum Gasteiger partial charge on any atom is -0.481 e. The zero-order valence-corrected chi connectivity index (χ0v) is 11.0. The first-order valence-corrected chi connectivity index (χ1v) is 7.34. The number of carbonyl (C=O) groups excluding carboxylic acids is 1. The van der Waals surface area contributed by atoms with Crippen LogP contribution in [0.3, 0.4) is 0 Å². The van der Waals surface area contributed by atoms with Crippen molar-refractivity contribution in [3.05, 3.63) is 0 Å². The predicted octanol–water partition coefficient (Wildman–Crippen LogP) is 0.134. The van der Waals surface area contributed by atoms with Crippen molar-refractivity contribution in [3.63, 3.8) is 0 Å². The lowest BCUT2D eigenvalue weighted by Gasteiger charge is -2.18. The van der Waals surface area contributed by atoms with E-state index in [4.69, 9.17) is 5.11 Å². The van der Waals surface area contributed by atoms with Crippen molar-refractivity contribution in [2.45, 2.75) is 26.7 Å². The molecule has 0 spiro atoms. The number of amides is 1. The molecule has 0 bridgehead atoms. The largest absolute Gasteiger partial charge is 0.481 e. The van der Waals surface area contributed by atoms with Crippen LogP contribution in [0.2, 0.25) is 0 Å². The molecule has 0 radical (unpaired) electrons. The summed E-state index contributed by atoms with van der Waals surface area (Å²) >= 11 is 0. The number of sulfone groups is 1. The first kappa shape index (κ1) is 15.9. The maximum Gasteiger partial charge on any atom is 0.303 e. The van der Waals surface area contributed by atoms with E-state index >= 15 is 0 Å². The van der Waals surface area contributed by atoms with Gasteiger partial charge in [-0.15, -0.1) is 0 Å². The van der Waals surface area contributed by atoms with Gasteiger partial charge in [-0.1, -0.05) is 0 Å². The summed E-state index contributed by atoms with van der Waals surface area (Å²) in [5.41, 5.74) is 0. The lowest BCUT2D eigenvalue weighted by atomic mass is 10.3. The molecular formula is C10H19NO5S. The molecule has 17 heavy (non-hydrogen) atoms. The normalized spacial score (nSPS) is 11.2. The zero-order valence-electron chi connectivity index (χ0n) is 10.2. The average Bonchev–Trinajstić information content (AvgIpc) is 2.17. The number of rotatable bonds is 8. The van der Waals surface area contributed by atoms with Crippen molar-refractivity contribution in [1.82, 2.24) is 4.90 Å². The Hall–Kier alpha value is -1.11. The Bertz CT molecular complexity index is 359. The summed E-state index contributed by atoms with van der Waals surface area (Å²) in [6.07, 6.45) is -0.151. The maximum atomic E-state index is 11.5. The number of nitrogens with zero attached hydrogens (tertiary/aromatic N) is 1. The molecule has 0 aliphatic heterocycles. The zero-order chi connectivity index (χ0) is 13.5. The molecule has 0 fully saturated rings. The number of aliphatic carboxylic acids is 1. The SMILES string of the molecule is CCN(CC)C(=O)CS(=O)(=O)CCCC(=O)O. The van der Waals surface area contributed by atoms with Crippen molar-refractivity contribution in [3.8, 4) is 0 Å². The first-order chi connectivity index (χ1) is 7.82. The number of hydrogen-bond donors (Lipinski definition) is 1. The van der Waals surface area contributed by atoms with Crippen molar-refractivity contribution >= 4 is 21.7 Å². The van der Waals surface area contributed by atoms with Gasteiger partial charge in [0.2, 0.25) is 5.91 Å². The molecule has 0 aliphatic rings. The third-order valence-electron chi connectivity index (χ3n) is 2.31. The van der Waals surface area contributed by atoms with Crippen LogP contribution in [0.1, 0.15) is 26.7 Å². The molecule has 0 saturated carbocycles. The standard InChI is InChI=1S/C10H19NO5S/c1-3-11(4-2)9(12)8-17(15,16)7-5-6-10(13)14/h3-8H2,1-2H3,(H,13,14). The van der Waals surface area contributed by atoms with E-state index in [0.29, 0.717) is 13.1 Å². The predicted molar refractivity (Wildman–Crippen MR) is 63.5 cm³/mol. The second-order valence-electron chi connectivity index (χ2n) is 3.66. The third kappa shape index (κ3) is 6.93. The van der Waals surface area contributed by atoms with E-state index < -0.39 is 27.5 Å². The van der Waals surface area contributed by atoms with Crippen LogP contribution in [0.25, 0.3) is 0 Å². The van der Waals surface area contributed by atoms with Gasteiger partial charge in [0.1, 0.15) is 5.75 Å². The minimum atomic E-state index is -3.50. The lowest BCUT2D eigenvalue weighted by Crippen LogP contribution is -2.36. The van der Waals surface area contributed by atoms with Crippen LogP contribution in [0.4, 0.5) is 0 Å². The van der Waals surface area contributed by atoms with Gasteiger partial charge in [-0.2, -0.15) is 0 Å². The lowest BCUT2D eigenvalue weighted by molar-refractivity contribution is -0.137. The topological polar surface area (TPSA) is 91.8 Å². The highest BCUT2D eigenvalue weighted by atomic mass is 32.2. The van der Waals surface area contributed by atoms with E-state index in [2.05, 4.69) is 0 Å². The quantitative estimate of drug-likeness (QED) is 0.673. The van der Waals surface area contributed by atoms with E-state index in [-0.39, 0.29) is 18.6 Å². The molecule has 100 valence electrons. The Morgan fingerprint density at radius 1 is 1.18 bits per heavy atom. The molecule has 0 rings (SSSR count). The van der Waals surface area contributed by atoms with E-state index in [1.165, 1.54) is 4.90 Å². The summed E-state index contributed by atoms with van der Waals surface area (Å²) in [5, 5.41) is 8.39. The van der Waals surface area contributed by atoms with Crippen LogP contribution in [0.5, 0.6) is 0 Å². The molecule has 0 aromatic heterocycles. The van der Waals surface area contributed by atoms with Crippen molar-refractivity contribution < 1.29 is 23.1 Å². The Labute approximate surface area is 102 Å². The van der Waals surface area contributed by atoms with Crippen molar-refractivity contribution in [2.75, 3.05) is 24.6 Å². The Balaban J connectivity index is 4.25. The summed E-state index contributed by atoms with van der Waals surface area (Å²) in [5.74, 6) is -2.25. The van der Waals surface area contributed by atoms with Gasteiger partial charge < -0.3 is 10.0 Å². The molecule has 6 nitrogen and oxygen atoms in total. The fraction of sp³-hybridized carbons (Fsp3) is 0.800. The van der Waals surface area contributed by atoms with E-state index in [0.717, 1.165) is 0 Å². The molecule has 7 heteroatoms. The second-order valence-corrected chi connectivity index (χ2v) is 5.84. The fourth-order valence-electron chi connectivity index (χ4n) is 1.37. The van der Waals surface area contributed by atoms with E-state index in [1.807, 2.05) is 0 Å². The summed E-state index contributed by atoms with van der Waals surface area (Å²) in [7, 11) is -3.50. The third-order valence-corrected chi connectivity index (χ3v) is 3.90. The van der Waals surface area contributed by atoms with Crippen molar-refractivity contribution in [1.29, 1.82) is 0 Å². The van der Waals surface area contributed by atoms with E-state index in [1.54, 1.807) is 13.8 Å². The molecule has 0 aromatic carbocycles. The Morgan fingerprint density at radius 2 is 1.71 bits per heavy atom. The molecule has 1 N–H and O–H groups in total. The van der Waals surface area contributed by atoms with Crippen LogP contribution >= 0.6 is 0 Å². The Morgan fingerprint density at radius 3 is 2.12 bits per heavy atom. The highest BCUT2D eigenvalue weighted by Crippen LogP contribution is 2.00. The molecule has 0 aliphatic carbocycles. The monoisotopic (exact) mass is 265 g/mol. The van der Waals surface area contributed by atoms with Gasteiger partial charge in [0.25, 0.3) is 0 Å². The number of hydrogen-bond acceptors (Lipinski definition) is 4. The molecule has 0 atom stereocenters. The fourth-order valence-corrected chi connectivity index (χ4v) is 2.66. The van der Waals surface area contributed by atoms with Crippen LogP contribution in [-0.4, -0.2) is 54.9 Å². The van der Waals surface area contributed by atoms with Gasteiger partial charge in [0.15, 0.2) is 9.84 Å². The summed E-state index contributed by atoms with van der Waals surface area (Å²) in [6, 6.07) is 0. The second kappa shape index (κ2) is 7.26. The molecule has 1 amide bonds. The molecule has 0 unspecified atom stereocenters. The molecule has 0 aromatic rings. The molecule has 0 heterocycles. The van der Waals surface area contributed by atoms with Gasteiger partial charge in [-0.25, -0.2) is 8.42 Å². The summed E-state index contributed by atoms with van der Waals surface area (Å²) < 4.78 is 23.0. The smallest absolute Gasteiger partial charge is 0.303 e. The molecule has 0 saturated heterocycles. The highest BCUT2D eigenvalue weighted by molar-refractivity contribution is 7.92. The number of carbonyl (C=O) groups is 2. The maximum absolute atomic E-state index is 11.5. The van der Waals surface area contributed by atoms with Crippen LogP contribution in [0, 0.1) is 0 Å². The Kier molecular flexibility index (Phi) is 6.79. The van der Waals surface area contributed by atoms with Crippen LogP contribution in [-0.2, 0) is 19.4 Å². The van der Waals surface area contributed by atoms with Gasteiger partial charge in [0.05, 0.1) is 5.75 Å². The number of carboxylic acid groups (broad SMARTS) is 1. The summed E-state index contributed by atoms with van der Waals surface area (Å²) in [6.45, 7) is 4.50. The van der Waals surface area contributed by atoms with Gasteiger partial charge >= 0.3 is 5.97 Å². The van der Waals surface area contributed by atoms with Crippen molar-refractivity contribution in [2.24, 2.45) is 0 Å². The minimum absolute atomic E-state index is 0.0448. The van der Waals surface area contributed by atoms with Gasteiger partial charge in [-0.3, -0.25) is 9.59 Å². The summed E-state index contributed by atoms with van der Waals surface area (Å²) in [4.78, 5) is 23.2. The van der Waals surface area contributed by atoms with Gasteiger partial charge in [-0.05, 0) is 20.3 Å². The molecular weight excluding hydrogens is 246 g/mol.